The number of halogens is 3. The lowest BCUT2D eigenvalue weighted by Crippen LogP contribution is -2.47. The van der Waals surface area contributed by atoms with Crippen LogP contribution in [0.4, 0.5) is 29.5 Å². The van der Waals surface area contributed by atoms with Gasteiger partial charge < -0.3 is 19.9 Å². The highest BCUT2D eigenvalue weighted by Crippen LogP contribution is 2.28. The van der Waals surface area contributed by atoms with Crippen LogP contribution >= 0.6 is 0 Å². The number of pyridine rings is 1. The molecular formula is C23H25F3N6O4. The number of ether oxygens (including phenoxy) is 1. The van der Waals surface area contributed by atoms with Crippen molar-refractivity contribution in [1.29, 1.82) is 0 Å². The van der Waals surface area contributed by atoms with Crippen LogP contribution in [0.5, 0.6) is 5.75 Å². The zero-order chi connectivity index (χ0) is 25.9. The van der Waals surface area contributed by atoms with Crippen LogP contribution in [0.25, 0.3) is 0 Å². The van der Waals surface area contributed by atoms with Crippen LogP contribution in [0.3, 0.4) is 0 Å². The molecule has 1 aromatic heterocycles. The first kappa shape index (κ1) is 25.4. The predicted octanol–water partition coefficient (Wildman–Crippen LogP) is 2.13. The van der Waals surface area contributed by atoms with Gasteiger partial charge in [-0.1, -0.05) is 0 Å². The highest BCUT2D eigenvalue weighted by atomic mass is 19.4. The summed E-state index contributed by atoms with van der Waals surface area (Å²) in [6, 6.07) is 7.17. The maximum atomic E-state index is 12.9. The number of benzene rings is 1. The molecule has 2 aromatic rings. The molecule has 0 atom stereocenters. The maximum absolute atomic E-state index is 12.9. The van der Waals surface area contributed by atoms with Crippen molar-refractivity contribution in [2.24, 2.45) is 0 Å². The second-order valence-electron chi connectivity index (χ2n) is 8.59. The number of hydrogen-bond donors (Lipinski definition) is 1. The van der Waals surface area contributed by atoms with E-state index in [2.05, 4.69) is 24.8 Å². The summed E-state index contributed by atoms with van der Waals surface area (Å²) in [6.45, 7) is 3.53. The van der Waals surface area contributed by atoms with Crippen molar-refractivity contribution in [3.63, 3.8) is 0 Å². The zero-order valence-corrected chi connectivity index (χ0v) is 19.5. The number of imide groups is 1. The van der Waals surface area contributed by atoms with Crippen molar-refractivity contribution < 1.29 is 32.3 Å². The lowest BCUT2D eigenvalue weighted by Gasteiger charge is -2.31. The fourth-order valence-electron chi connectivity index (χ4n) is 3.98. The maximum Gasteiger partial charge on any atom is 0.573 e. The van der Waals surface area contributed by atoms with Crippen molar-refractivity contribution in [2.75, 3.05) is 56.5 Å². The van der Waals surface area contributed by atoms with E-state index in [9.17, 15) is 27.6 Å². The van der Waals surface area contributed by atoms with E-state index in [0.29, 0.717) is 11.4 Å². The number of amides is 4. The first-order valence-corrected chi connectivity index (χ1v) is 11.2. The van der Waals surface area contributed by atoms with Gasteiger partial charge in [-0.05, 0) is 49.0 Å². The molecule has 10 nitrogen and oxygen atoms in total. The van der Waals surface area contributed by atoms with Gasteiger partial charge in [0.25, 0.3) is 5.91 Å². The minimum Gasteiger partial charge on any atom is -0.406 e. The van der Waals surface area contributed by atoms with Crippen LogP contribution < -0.4 is 15.0 Å². The minimum atomic E-state index is -4.84. The third-order valence-electron chi connectivity index (χ3n) is 5.79. The topological polar surface area (TPSA) is 98.3 Å². The molecule has 1 aromatic carbocycles. The number of nitrogens with one attached hydrogen (secondary N) is 1. The number of anilines is 2. The molecular weight excluding hydrogens is 481 g/mol. The number of likely N-dealkylation sites (N-methyl/N-ethyl adjacent to an activating group) is 1. The number of carbonyl (C=O) groups is 3. The summed E-state index contributed by atoms with van der Waals surface area (Å²) in [6.07, 6.45) is -3.34. The molecule has 2 saturated heterocycles. The molecule has 2 aliphatic rings. The van der Waals surface area contributed by atoms with Crippen LogP contribution in [0, 0.1) is 0 Å². The van der Waals surface area contributed by atoms with Crippen molar-refractivity contribution in [3.8, 4) is 5.75 Å². The molecule has 1 N–H and O–H groups in total. The molecule has 4 amide bonds. The summed E-state index contributed by atoms with van der Waals surface area (Å²) in [5.74, 6) is -0.831. The van der Waals surface area contributed by atoms with E-state index in [0.717, 1.165) is 43.2 Å². The smallest absolute Gasteiger partial charge is 0.406 e. The number of carbonyl (C=O) groups excluding carboxylic acids is 3. The number of alkyl halides is 3. The highest BCUT2D eigenvalue weighted by molar-refractivity contribution is 6.19. The van der Waals surface area contributed by atoms with E-state index in [1.807, 2.05) is 7.05 Å². The van der Waals surface area contributed by atoms with Crippen LogP contribution in [0.2, 0.25) is 0 Å². The Morgan fingerprint density at radius 3 is 2.44 bits per heavy atom. The average molecular weight is 506 g/mol. The molecule has 192 valence electrons. The summed E-state index contributed by atoms with van der Waals surface area (Å²) < 4.78 is 40.9. The Bertz CT molecular complexity index is 1120. The van der Waals surface area contributed by atoms with E-state index < -0.39 is 24.1 Å². The van der Waals surface area contributed by atoms with E-state index in [1.165, 1.54) is 23.2 Å². The number of rotatable bonds is 7. The minimum absolute atomic E-state index is 0.0835. The van der Waals surface area contributed by atoms with Crippen LogP contribution in [0.15, 0.2) is 42.6 Å². The Hall–Kier alpha value is -3.71. The standard InChI is InChI=1S/C23H25F3N6O4/c1-29-8-10-30(11-9-29)14-20(33)28-19-12-16(6-7-27-19)13-31-15-21(34)32(22(31)35)17-2-4-18(5-3-17)36-23(24,25)26/h2-7,12H,8-11,13-15H2,1H3,(H,27,28,33). The van der Waals surface area contributed by atoms with Crippen LogP contribution in [0.1, 0.15) is 5.56 Å². The third-order valence-corrected chi connectivity index (χ3v) is 5.79. The molecule has 36 heavy (non-hydrogen) atoms. The molecule has 0 bridgehead atoms. The van der Waals surface area contributed by atoms with Crippen molar-refractivity contribution in [3.05, 3.63) is 48.2 Å². The zero-order valence-electron chi connectivity index (χ0n) is 19.5. The number of nitrogens with zero attached hydrogens (tertiary/aromatic N) is 5. The van der Waals surface area contributed by atoms with Crippen LogP contribution in [-0.4, -0.2) is 90.2 Å². The second-order valence-corrected chi connectivity index (χ2v) is 8.59. The Labute approximate surface area is 205 Å². The summed E-state index contributed by atoms with van der Waals surface area (Å²) in [7, 11) is 2.04. The monoisotopic (exact) mass is 506 g/mol. The third kappa shape index (κ3) is 6.49. The molecule has 4 rings (SSSR count). The van der Waals surface area contributed by atoms with Crippen molar-refractivity contribution in [2.45, 2.75) is 12.9 Å². The van der Waals surface area contributed by atoms with Gasteiger partial charge in [0.1, 0.15) is 18.1 Å². The first-order valence-electron chi connectivity index (χ1n) is 11.2. The van der Waals surface area contributed by atoms with Crippen molar-refractivity contribution >= 4 is 29.4 Å². The van der Waals surface area contributed by atoms with Crippen LogP contribution in [-0.2, 0) is 16.1 Å². The summed E-state index contributed by atoms with van der Waals surface area (Å²) in [4.78, 5) is 48.4. The van der Waals surface area contributed by atoms with E-state index >= 15 is 0 Å². The SMILES string of the molecule is CN1CCN(CC(=O)Nc2cc(CN3CC(=O)N(c4ccc(OC(F)(F)F)cc4)C3=O)ccn2)CC1. The largest absolute Gasteiger partial charge is 0.573 e. The molecule has 0 unspecified atom stereocenters. The number of urea groups is 1. The number of piperazine rings is 1. The molecule has 2 aliphatic heterocycles. The lowest BCUT2D eigenvalue weighted by atomic mass is 10.2. The predicted molar refractivity (Wildman–Crippen MR) is 123 cm³/mol. The number of aromatic nitrogens is 1. The molecule has 0 aliphatic carbocycles. The van der Waals surface area contributed by atoms with Gasteiger partial charge in [0, 0.05) is 38.9 Å². The Morgan fingerprint density at radius 2 is 1.78 bits per heavy atom. The Balaban J connectivity index is 1.35. The molecule has 2 fully saturated rings. The van der Waals surface area contributed by atoms with Gasteiger partial charge in [0.05, 0.1) is 12.2 Å². The summed E-state index contributed by atoms with van der Waals surface area (Å²) in [5.41, 5.74) is 0.783. The van der Waals surface area contributed by atoms with Gasteiger partial charge in [0.15, 0.2) is 0 Å². The van der Waals surface area contributed by atoms with Gasteiger partial charge >= 0.3 is 12.4 Å². The van der Waals surface area contributed by atoms with Gasteiger partial charge in [-0.25, -0.2) is 14.7 Å². The van der Waals surface area contributed by atoms with E-state index in [1.54, 1.807) is 12.1 Å². The van der Waals surface area contributed by atoms with Gasteiger partial charge in [-0.2, -0.15) is 0 Å². The van der Waals surface area contributed by atoms with Gasteiger partial charge in [-0.15, -0.1) is 13.2 Å². The quantitative estimate of drug-likeness (QED) is 0.575. The fraction of sp³-hybridized carbons (Fsp3) is 0.391. The van der Waals surface area contributed by atoms with Gasteiger partial charge in [0.2, 0.25) is 5.91 Å². The first-order chi connectivity index (χ1) is 17.1. The Morgan fingerprint density at radius 1 is 1.08 bits per heavy atom. The summed E-state index contributed by atoms with van der Waals surface area (Å²) >= 11 is 0. The lowest BCUT2D eigenvalue weighted by molar-refractivity contribution is -0.274. The van der Waals surface area contributed by atoms with Gasteiger partial charge in [-0.3, -0.25) is 14.5 Å². The molecule has 0 radical (unpaired) electrons. The molecule has 0 saturated carbocycles. The van der Waals surface area contributed by atoms with Crippen molar-refractivity contribution in [1.82, 2.24) is 19.7 Å². The molecule has 13 heteroatoms. The van der Waals surface area contributed by atoms with E-state index in [4.69, 9.17) is 0 Å². The average Bonchev–Trinajstić information content (AvgIpc) is 3.08. The summed E-state index contributed by atoms with van der Waals surface area (Å²) in [5, 5.41) is 2.76. The fourth-order valence-corrected chi connectivity index (χ4v) is 3.98. The molecule has 3 heterocycles. The highest BCUT2D eigenvalue weighted by Gasteiger charge is 2.37. The Kier molecular flexibility index (Phi) is 7.40. The van der Waals surface area contributed by atoms with E-state index in [-0.39, 0.29) is 31.2 Å². The number of hydrogen-bond acceptors (Lipinski definition) is 7. The second kappa shape index (κ2) is 10.5. The molecule has 0 spiro atoms. The normalized spacial score (nSPS) is 17.6.